The van der Waals surface area contributed by atoms with Gasteiger partial charge in [0.05, 0.1) is 11.7 Å². The van der Waals surface area contributed by atoms with Gasteiger partial charge in [-0.15, -0.1) is 0 Å². The van der Waals surface area contributed by atoms with Gasteiger partial charge in [0.2, 0.25) is 0 Å². The van der Waals surface area contributed by atoms with Crippen molar-refractivity contribution >= 4 is 22.8 Å². The number of rotatable bonds is 5. The molecule has 152 valence electrons. The average Bonchev–Trinajstić information content (AvgIpc) is 3.18. The Bertz CT molecular complexity index is 1170. The lowest BCUT2D eigenvalue weighted by Gasteiger charge is -2.23. The van der Waals surface area contributed by atoms with Crippen molar-refractivity contribution in [2.24, 2.45) is 7.05 Å². The predicted octanol–water partition coefficient (Wildman–Crippen LogP) is 3.63. The van der Waals surface area contributed by atoms with E-state index in [2.05, 4.69) is 20.4 Å². The van der Waals surface area contributed by atoms with E-state index < -0.39 is 6.09 Å². The minimum atomic E-state index is -0.476. The zero-order valence-electron chi connectivity index (χ0n) is 17.0. The third-order valence-corrected chi connectivity index (χ3v) is 4.74. The molecule has 0 radical (unpaired) electrons. The van der Waals surface area contributed by atoms with Crippen LogP contribution < -0.4 is 10.1 Å². The van der Waals surface area contributed by atoms with Crippen molar-refractivity contribution in [3.8, 4) is 5.75 Å². The number of aromatic nitrogens is 4. The maximum absolute atomic E-state index is 12.5. The number of amides is 1. The molecule has 1 unspecified atom stereocenters. The number of anilines is 1. The minimum Gasteiger partial charge on any atom is -0.407 e. The normalized spacial score (nSPS) is 11.8. The molecule has 1 N–H and O–H groups in total. The number of carbonyl (C=O) groups excluding carboxylic acids is 1. The number of nitrogens with one attached hydrogen (secondary N) is 1. The van der Waals surface area contributed by atoms with Gasteiger partial charge in [-0.1, -0.05) is 24.3 Å². The highest BCUT2D eigenvalue weighted by atomic mass is 16.6. The molecule has 8 heteroatoms. The Hall–Kier alpha value is -3.94. The molecule has 0 aliphatic heterocycles. The molecule has 4 aromatic rings. The number of hydrogen-bond acceptors (Lipinski definition) is 6. The summed E-state index contributed by atoms with van der Waals surface area (Å²) < 4.78 is 7.59. The summed E-state index contributed by atoms with van der Waals surface area (Å²) in [7, 11) is 5.16. The fraction of sp³-hybridized carbons (Fsp3) is 0.182. The monoisotopic (exact) mass is 402 g/mol. The van der Waals surface area contributed by atoms with E-state index in [9.17, 15) is 4.79 Å². The zero-order chi connectivity index (χ0) is 21.1. The van der Waals surface area contributed by atoms with E-state index in [1.807, 2.05) is 55.6 Å². The standard InChI is InChI=1S/C22H22N6O2/c1-27(2)22(29)30-21-16(10-9-15-7-6-13-24-19(15)21)20(17-11-14-25-28(17)3)26-18-8-4-5-12-23-18/h4-14,20H,1-3H3,(H,23,26). The van der Waals surface area contributed by atoms with Gasteiger partial charge in [0.15, 0.2) is 5.75 Å². The number of fused-ring (bicyclic) bond motifs is 1. The number of benzene rings is 1. The van der Waals surface area contributed by atoms with Crippen LogP contribution in [0.15, 0.2) is 67.1 Å². The van der Waals surface area contributed by atoms with Crippen LogP contribution in [-0.4, -0.2) is 44.8 Å². The molecular weight excluding hydrogens is 380 g/mol. The molecule has 1 atom stereocenters. The van der Waals surface area contributed by atoms with E-state index in [1.54, 1.807) is 37.4 Å². The molecule has 0 saturated carbocycles. The van der Waals surface area contributed by atoms with E-state index in [1.165, 1.54) is 4.90 Å². The number of ether oxygens (including phenoxy) is 1. The summed E-state index contributed by atoms with van der Waals surface area (Å²) in [5.74, 6) is 1.09. The minimum absolute atomic E-state index is 0.372. The topological polar surface area (TPSA) is 85.2 Å². The van der Waals surface area contributed by atoms with Gasteiger partial charge in [0, 0.05) is 50.7 Å². The molecule has 0 bridgehead atoms. The van der Waals surface area contributed by atoms with Crippen LogP contribution in [0.3, 0.4) is 0 Å². The molecule has 8 nitrogen and oxygen atoms in total. The number of hydrogen-bond donors (Lipinski definition) is 1. The second kappa shape index (κ2) is 8.20. The van der Waals surface area contributed by atoms with Gasteiger partial charge < -0.3 is 15.0 Å². The van der Waals surface area contributed by atoms with Crippen LogP contribution in [0.25, 0.3) is 10.9 Å². The molecule has 0 saturated heterocycles. The van der Waals surface area contributed by atoms with Gasteiger partial charge >= 0.3 is 6.09 Å². The van der Waals surface area contributed by atoms with E-state index in [4.69, 9.17) is 4.74 Å². The first kappa shape index (κ1) is 19.4. The van der Waals surface area contributed by atoms with Crippen LogP contribution in [0, 0.1) is 0 Å². The van der Waals surface area contributed by atoms with Crippen molar-refractivity contribution in [1.82, 2.24) is 24.6 Å². The van der Waals surface area contributed by atoms with E-state index in [0.29, 0.717) is 17.1 Å². The zero-order valence-corrected chi connectivity index (χ0v) is 17.0. The van der Waals surface area contributed by atoms with Crippen molar-refractivity contribution in [2.75, 3.05) is 19.4 Å². The molecule has 0 aliphatic carbocycles. The molecule has 3 aromatic heterocycles. The van der Waals surface area contributed by atoms with Gasteiger partial charge in [-0.05, 0) is 24.3 Å². The van der Waals surface area contributed by atoms with Crippen LogP contribution in [0.4, 0.5) is 10.6 Å². The maximum Gasteiger partial charge on any atom is 0.414 e. The number of nitrogens with zero attached hydrogens (tertiary/aromatic N) is 5. The Morgan fingerprint density at radius 2 is 1.87 bits per heavy atom. The summed E-state index contributed by atoms with van der Waals surface area (Å²) in [4.78, 5) is 22.7. The largest absolute Gasteiger partial charge is 0.414 e. The van der Waals surface area contributed by atoms with Crippen LogP contribution in [0.5, 0.6) is 5.75 Å². The van der Waals surface area contributed by atoms with E-state index >= 15 is 0 Å². The Morgan fingerprint density at radius 1 is 1.03 bits per heavy atom. The first-order chi connectivity index (χ1) is 14.5. The van der Waals surface area contributed by atoms with Crippen LogP contribution >= 0.6 is 0 Å². The summed E-state index contributed by atoms with van der Waals surface area (Å²) in [6.07, 6.45) is 4.66. The Kier molecular flexibility index (Phi) is 5.30. The highest BCUT2D eigenvalue weighted by Crippen LogP contribution is 2.37. The average molecular weight is 402 g/mol. The number of aryl methyl sites for hydroxylation is 1. The number of pyridine rings is 2. The summed E-state index contributed by atoms with van der Waals surface area (Å²) in [6, 6.07) is 14.9. The highest BCUT2D eigenvalue weighted by molar-refractivity contribution is 5.88. The van der Waals surface area contributed by atoms with Gasteiger partial charge in [0.1, 0.15) is 11.3 Å². The molecule has 3 heterocycles. The van der Waals surface area contributed by atoms with Crippen molar-refractivity contribution < 1.29 is 9.53 Å². The number of carbonyl (C=O) groups is 1. The summed E-state index contributed by atoms with van der Waals surface area (Å²) in [5.41, 5.74) is 2.25. The first-order valence-corrected chi connectivity index (χ1v) is 9.47. The molecule has 1 amide bonds. The third-order valence-electron chi connectivity index (χ3n) is 4.74. The van der Waals surface area contributed by atoms with Crippen molar-refractivity contribution in [1.29, 1.82) is 0 Å². The van der Waals surface area contributed by atoms with Gasteiger partial charge in [-0.3, -0.25) is 9.67 Å². The lowest BCUT2D eigenvalue weighted by atomic mass is 10.00. The summed E-state index contributed by atoms with van der Waals surface area (Å²) in [5, 5.41) is 8.63. The van der Waals surface area contributed by atoms with E-state index in [-0.39, 0.29) is 6.04 Å². The van der Waals surface area contributed by atoms with Crippen LogP contribution in [0.1, 0.15) is 17.3 Å². The molecule has 30 heavy (non-hydrogen) atoms. The van der Waals surface area contributed by atoms with Crippen LogP contribution in [0.2, 0.25) is 0 Å². The second-order valence-corrected chi connectivity index (χ2v) is 6.99. The second-order valence-electron chi connectivity index (χ2n) is 6.99. The fourth-order valence-corrected chi connectivity index (χ4v) is 3.22. The van der Waals surface area contributed by atoms with Gasteiger partial charge in [0.25, 0.3) is 0 Å². The molecule has 1 aromatic carbocycles. The molecule has 0 fully saturated rings. The van der Waals surface area contributed by atoms with Crippen molar-refractivity contribution in [3.05, 3.63) is 78.4 Å². The Labute approximate surface area is 174 Å². The fourth-order valence-electron chi connectivity index (χ4n) is 3.22. The SMILES string of the molecule is CN(C)C(=O)Oc1c(C(Nc2ccccn2)c2ccnn2C)ccc2cccnc12. The lowest BCUT2D eigenvalue weighted by molar-refractivity contribution is 0.172. The van der Waals surface area contributed by atoms with Gasteiger partial charge in [-0.2, -0.15) is 5.10 Å². The summed E-state index contributed by atoms with van der Waals surface area (Å²) >= 11 is 0. The predicted molar refractivity (Wildman–Crippen MR) is 114 cm³/mol. The quantitative estimate of drug-likeness (QED) is 0.549. The molecule has 0 aliphatic rings. The van der Waals surface area contributed by atoms with Gasteiger partial charge in [-0.25, -0.2) is 9.78 Å². The Morgan fingerprint density at radius 3 is 2.57 bits per heavy atom. The first-order valence-electron chi connectivity index (χ1n) is 9.47. The summed E-state index contributed by atoms with van der Waals surface area (Å²) in [6.45, 7) is 0. The molecular formula is C22H22N6O2. The molecule has 4 rings (SSSR count). The molecule has 0 spiro atoms. The Balaban J connectivity index is 1.90. The smallest absolute Gasteiger partial charge is 0.407 e. The highest BCUT2D eigenvalue weighted by Gasteiger charge is 2.25. The lowest BCUT2D eigenvalue weighted by Crippen LogP contribution is -2.27. The van der Waals surface area contributed by atoms with E-state index in [0.717, 1.165) is 16.6 Å². The maximum atomic E-state index is 12.5. The van der Waals surface area contributed by atoms with Crippen molar-refractivity contribution in [2.45, 2.75) is 6.04 Å². The van der Waals surface area contributed by atoms with Crippen LogP contribution in [-0.2, 0) is 7.05 Å². The third kappa shape index (κ3) is 3.80. The van der Waals surface area contributed by atoms with Crippen molar-refractivity contribution in [3.63, 3.8) is 0 Å².